The smallest absolute Gasteiger partial charge is 0.244 e. The van der Waals surface area contributed by atoms with E-state index < -0.39 is 0 Å². The number of hydrogen-bond donors (Lipinski definition) is 2. The third-order valence-electron chi connectivity index (χ3n) is 3.41. The average Bonchev–Trinajstić information content (AvgIpc) is 3.01. The number of carbonyl (C=O) groups excluding carboxylic acids is 1. The summed E-state index contributed by atoms with van der Waals surface area (Å²) in [6.45, 7) is 0.378. The Balaban J connectivity index is 1.57. The van der Waals surface area contributed by atoms with E-state index in [9.17, 15) is 4.79 Å². The molecule has 0 saturated carbocycles. The molecule has 0 aliphatic heterocycles. The van der Waals surface area contributed by atoms with Gasteiger partial charge in [0, 0.05) is 11.0 Å². The maximum absolute atomic E-state index is 11.9. The monoisotopic (exact) mass is 323 g/mol. The summed E-state index contributed by atoms with van der Waals surface area (Å²) in [7, 11) is 0. The summed E-state index contributed by atoms with van der Waals surface area (Å²) >= 11 is 1.70. The van der Waals surface area contributed by atoms with Crippen LogP contribution in [0.5, 0.6) is 0 Å². The van der Waals surface area contributed by atoms with Gasteiger partial charge in [-0.2, -0.15) is 0 Å². The highest BCUT2D eigenvalue weighted by Gasteiger charge is 2.02. The quantitative estimate of drug-likeness (QED) is 0.557. The van der Waals surface area contributed by atoms with Gasteiger partial charge in [-0.25, -0.2) is 4.98 Å². The molecular weight excluding hydrogens is 306 g/mol. The maximum Gasteiger partial charge on any atom is 0.244 e. The summed E-state index contributed by atoms with van der Waals surface area (Å²) in [4.78, 5) is 20.7. The zero-order chi connectivity index (χ0) is 16.1. The van der Waals surface area contributed by atoms with E-state index in [1.807, 2.05) is 54.8 Å². The molecule has 116 valence electrons. The summed E-state index contributed by atoms with van der Waals surface area (Å²) < 4.78 is 0. The van der Waals surface area contributed by atoms with E-state index in [-0.39, 0.29) is 5.91 Å². The zero-order valence-corrected chi connectivity index (χ0v) is 13.6. The molecule has 0 unspecified atom stereocenters. The first-order valence-corrected chi connectivity index (χ1v) is 8.50. The molecule has 3 aromatic rings. The number of benzene rings is 2. The molecule has 1 aromatic heterocycles. The first-order chi connectivity index (χ1) is 11.2. The molecule has 2 N–H and O–H groups in total. The van der Waals surface area contributed by atoms with E-state index >= 15 is 0 Å². The van der Waals surface area contributed by atoms with Crippen LogP contribution in [-0.4, -0.2) is 22.1 Å². The molecule has 4 nitrogen and oxygen atoms in total. The van der Waals surface area contributed by atoms with Gasteiger partial charge < -0.3 is 10.3 Å². The molecule has 0 saturated heterocycles. The fourth-order valence-corrected chi connectivity index (χ4v) is 2.61. The van der Waals surface area contributed by atoms with E-state index in [2.05, 4.69) is 15.3 Å². The second-order valence-corrected chi connectivity index (χ2v) is 5.90. The Hall–Kier alpha value is -2.53. The van der Waals surface area contributed by atoms with Crippen molar-refractivity contribution in [3.63, 3.8) is 0 Å². The number of rotatable bonds is 5. The van der Waals surface area contributed by atoms with Gasteiger partial charge in [0.1, 0.15) is 5.82 Å². The Morgan fingerprint density at radius 1 is 1.22 bits per heavy atom. The highest BCUT2D eigenvalue weighted by atomic mass is 32.2. The number of nitrogens with zero attached hydrogens (tertiary/aromatic N) is 1. The molecule has 0 radical (unpaired) electrons. The van der Waals surface area contributed by atoms with Crippen LogP contribution in [0.3, 0.4) is 0 Å². The van der Waals surface area contributed by atoms with Gasteiger partial charge in [0.15, 0.2) is 0 Å². The highest BCUT2D eigenvalue weighted by Crippen LogP contribution is 2.15. The third-order valence-corrected chi connectivity index (χ3v) is 4.16. The Labute approximate surface area is 139 Å². The number of amides is 1. The number of hydrogen-bond acceptors (Lipinski definition) is 3. The van der Waals surface area contributed by atoms with Crippen molar-refractivity contribution >= 4 is 34.8 Å². The second-order valence-electron chi connectivity index (χ2n) is 5.02. The van der Waals surface area contributed by atoms with Crippen molar-refractivity contribution in [1.29, 1.82) is 0 Å². The van der Waals surface area contributed by atoms with Crippen LogP contribution < -0.4 is 5.32 Å². The van der Waals surface area contributed by atoms with Crippen LogP contribution in [0.2, 0.25) is 0 Å². The first kappa shape index (κ1) is 15.4. The molecule has 1 amide bonds. The number of para-hydroxylation sites is 2. The summed E-state index contributed by atoms with van der Waals surface area (Å²) in [5, 5.41) is 2.83. The van der Waals surface area contributed by atoms with Crippen molar-refractivity contribution in [1.82, 2.24) is 15.3 Å². The molecule has 2 aromatic carbocycles. The average molecular weight is 323 g/mol. The fraction of sp³-hybridized carbons (Fsp3) is 0.111. The lowest BCUT2D eigenvalue weighted by Gasteiger charge is -1.99. The van der Waals surface area contributed by atoms with Gasteiger partial charge in [-0.1, -0.05) is 24.3 Å². The Morgan fingerprint density at radius 2 is 2.00 bits per heavy atom. The molecule has 0 aliphatic carbocycles. The number of fused-ring (bicyclic) bond motifs is 1. The minimum atomic E-state index is -0.139. The number of nitrogens with one attached hydrogen (secondary N) is 2. The summed E-state index contributed by atoms with van der Waals surface area (Å²) in [5.41, 5.74) is 2.88. The van der Waals surface area contributed by atoms with Crippen LogP contribution in [0.25, 0.3) is 17.1 Å². The lowest BCUT2D eigenvalue weighted by molar-refractivity contribution is -0.116. The van der Waals surface area contributed by atoms with Crippen LogP contribution in [-0.2, 0) is 11.3 Å². The summed E-state index contributed by atoms with van der Waals surface area (Å²) in [6.07, 6.45) is 5.38. The van der Waals surface area contributed by atoms with Gasteiger partial charge in [-0.3, -0.25) is 4.79 Å². The third kappa shape index (κ3) is 4.02. The Morgan fingerprint density at radius 3 is 2.74 bits per heavy atom. The zero-order valence-electron chi connectivity index (χ0n) is 12.7. The molecule has 3 rings (SSSR count). The Kier molecular flexibility index (Phi) is 4.78. The molecule has 0 atom stereocenters. The van der Waals surface area contributed by atoms with Crippen LogP contribution in [0.1, 0.15) is 11.4 Å². The van der Waals surface area contributed by atoms with Crippen molar-refractivity contribution in [3.8, 4) is 0 Å². The van der Waals surface area contributed by atoms with Crippen molar-refractivity contribution in [2.45, 2.75) is 11.4 Å². The van der Waals surface area contributed by atoms with E-state index in [1.165, 1.54) is 11.0 Å². The van der Waals surface area contributed by atoms with Gasteiger partial charge in [0.2, 0.25) is 5.91 Å². The fourth-order valence-electron chi connectivity index (χ4n) is 2.21. The highest BCUT2D eigenvalue weighted by molar-refractivity contribution is 7.98. The van der Waals surface area contributed by atoms with E-state index in [0.29, 0.717) is 6.54 Å². The van der Waals surface area contributed by atoms with Crippen LogP contribution in [0.4, 0.5) is 0 Å². The van der Waals surface area contributed by atoms with E-state index in [4.69, 9.17) is 0 Å². The van der Waals surface area contributed by atoms with Gasteiger partial charge >= 0.3 is 0 Å². The van der Waals surface area contributed by atoms with Crippen LogP contribution >= 0.6 is 11.8 Å². The standard InChI is InChI=1S/C18H17N3OS/c1-23-14-9-6-13(7-10-14)8-11-18(22)19-12-17-20-15-4-2-3-5-16(15)21-17/h2-11H,12H2,1H3,(H,19,22)(H,20,21)/b11-8+. The molecule has 0 fully saturated rings. The molecule has 0 spiro atoms. The number of imidazole rings is 1. The predicted octanol–water partition coefficient (Wildman–Crippen LogP) is 3.61. The predicted molar refractivity (Wildman–Crippen MR) is 95.2 cm³/mol. The van der Waals surface area contributed by atoms with Crippen LogP contribution in [0, 0.1) is 0 Å². The van der Waals surface area contributed by atoms with Crippen molar-refractivity contribution in [3.05, 3.63) is 66.0 Å². The minimum Gasteiger partial charge on any atom is -0.345 e. The van der Waals surface area contributed by atoms with Gasteiger partial charge in [-0.05, 0) is 42.2 Å². The molecular formula is C18H17N3OS. The number of aromatic amines is 1. The van der Waals surface area contributed by atoms with E-state index in [1.54, 1.807) is 17.8 Å². The second kappa shape index (κ2) is 7.15. The molecule has 1 heterocycles. The number of aromatic nitrogens is 2. The van der Waals surface area contributed by atoms with Gasteiger partial charge in [-0.15, -0.1) is 11.8 Å². The molecule has 5 heteroatoms. The van der Waals surface area contributed by atoms with E-state index in [0.717, 1.165) is 22.4 Å². The minimum absolute atomic E-state index is 0.139. The molecule has 0 aliphatic rings. The van der Waals surface area contributed by atoms with Gasteiger partial charge in [0.25, 0.3) is 0 Å². The number of carbonyl (C=O) groups is 1. The summed E-state index contributed by atoms with van der Waals surface area (Å²) in [5.74, 6) is 0.608. The largest absolute Gasteiger partial charge is 0.345 e. The normalized spacial score (nSPS) is 11.2. The van der Waals surface area contributed by atoms with Crippen LogP contribution in [0.15, 0.2) is 59.5 Å². The topological polar surface area (TPSA) is 57.8 Å². The summed E-state index contributed by atoms with van der Waals surface area (Å²) in [6, 6.07) is 15.9. The van der Waals surface area contributed by atoms with Crippen molar-refractivity contribution < 1.29 is 4.79 Å². The number of H-pyrrole nitrogens is 1. The lowest BCUT2D eigenvalue weighted by Crippen LogP contribution is -2.20. The lowest BCUT2D eigenvalue weighted by atomic mass is 10.2. The Bertz CT molecular complexity index is 804. The molecule has 0 bridgehead atoms. The number of thioether (sulfide) groups is 1. The van der Waals surface area contributed by atoms with Crippen molar-refractivity contribution in [2.75, 3.05) is 6.26 Å². The van der Waals surface area contributed by atoms with Gasteiger partial charge in [0.05, 0.1) is 17.6 Å². The first-order valence-electron chi connectivity index (χ1n) is 7.28. The SMILES string of the molecule is CSc1ccc(/C=C/C(=O)NCc2nc3ccccc3[nH]2)cc1. The molecule has 23 heavy (non-hydrogen) atoms. The van der Waals surface area contributed by atoms with Crippen molar-refractivity contribution in [2.24, 2.45) is 0 Å². The maximum atomic E-state index is 11.9.